The van der Waals surface area contributed by atoms with Gasteiger partial charge in [-0.05, 0) is 31.2 Å². The third kappa shape index (κ3) is 5.71. The Balaban J connectivity index is 1.39. The minimum Gasteiger partial charge on any atom is -0.342 e. The van der Waals surface area contributed by atoms with Crippen molar-refractivity contribution in [3.8, 4) is 0 Å². The fourth-order valence-electron chi connectivity index (χ4n) is 4.09. The molecule has 1 N–H and O–H groups in total. The largest absolute Gasteiger partial charge is 0.342 e. The van der Waals surface area contributed by atoms with Gasteiger partial charge in [-0.3, -0.25) is 9.69 Å². The van der Waals surface area contributed by atoms with E-state index in [0.717, 1.165) is 45.4 Å². The van der Waals surface area contributed by atoms with Crippen LogP contribution in [0, 0.1) is 0 Å². The number of nitrogens with zero attached hydrogens (tertiary/aromatic N) is 3. The predicted octanol–water partition coefficient (Wildman–Crippen LogP) is 2.52. The van der Waals surface area contributed by atoms with Crippen LogP contribution >= 0.6 is 0 Å². The van der Waals surface area contributed by atoms with E-state index in [1.807, 2.05) is 28.0 Å². The zero-order chi connectivity index (χ0) is 19.8. The molecule has 6 nitrogen and oxygen atoms in total. The summed E-state index contributed by atoms with van der Waals surface area (Å²) in [6.45, 7) is 8.01. The molecule has 1 unspecified atom stereocenters. The van der Waals surface area contributed by atoms with Gasteiger partial charge in [0, 0.05) is 51.7 Å². The smallest absolute Gasteiger partial charge is 0.317 e. The first kappa shape index (κ1) is 20.6. The number of carbonyl (C=O) groups is 2. The van der Waals surface area contributed by atoms with Crippen molar-refractivity contribution >= 4 is 11.9 Å². The van der Waals surface area contributed by atoms with E-state index < -0.39 is 0 Å². The molecular formula is C22H34N4O2. The van der Waals surface area contributed by atoms with Crippen LogP contribution in [0.15, 0.2) is 30.3 Å². The molecule has 2 saturated heterocycles. The molecule has 1 aromatic carbocycles. The van der Waals surface area contributed by atoms with Crippen LogP contribution in [0.1, 0.15) is 44.1 Å². The van der Waals surface area contributed by atoms with Crippen molar-refractivity contribution in [2.24, 2.45) is 0 Å². The van der Waals surface area contributed by atoms with Crippen LogP contribution in [0.3, 0.4) is 0 Å². The first-order valence-corrected chi connectivity index (χ1v) is 10.7. The number of urea groups is 1. The van der Waals surface area contributed by atoms with E-state index in [4.69, 9.17) is 0 Å². The van der Waals surface area contributed by atoms with Crippen molar-refractivity contribution in [2.45, 2.75) is 38.5 Å². The van der Waals surface area contributed by atoms with Crippen LogP contribution in [0.25, 0.3) is 0 Å². The van der Waals surface area contributed by atoms with E-state index in [-0.39, 0.29) is 11.9 Å². The van der Waals surface area contributed by atoms with Gasteiger partial charge in [-0.1, -0.05) is 37.3 Å². The number of rotatable bonds is 6. The normalized spacial score (nSPS) is 19.3. The second-order valence-electron chi connectivity index (χ2n) is 7.91. The maximum absolute atomic E-state index is 12.5. The highest BCUT2D eigenvalue weighted by Crippen LogP contribution is 2.18. The van der Waals surface area contributed by atoms with Crippen molar-refractivity contribution in [3.63, 3.8) is 0 Å². The third-order valence-electron chi connectivity index (χ3n) is 5.99. The minimum absolute atomic E-state index is 0.0105. The van der Waals surface area contributed by atoms with Gasteiger partial charge in [0.2, 0.25) is 5.91 Å². The molecular weight excluding hydrogens is 352 g/mol. The number of benzene rings is 1. The fourth-order valence-corrected chi connectivity index (χ4v) is 4.09. The average molecular weight is 387 g/mol. The molecule has 2 aliphatic heterocycles. The highest BCUT2D eigenvalue weighted by atomic mass is 16.2. The van der Waals surface area contributed by atoms with Gasteiger partial charge in [-0.2, -0.15) is 0 Å². The lowest BCUT2D eigenvalue weighted by atomic mass is 9.97. The third-order valence-corrected chi connectivity index (χ3v) is 5.99. The Hall–Kier alpha value is -2.08. The maximum atomic E-state index is 12.5. The Morgan fingerprint density at radius 2 is 1.61 bits per heavy atom. The van der Waals surface area contributed by atoms with Crippen LogP contribution in [-0.2, 0) is 4.79 Å². The molecule has 3 amide bonds. The second-order valence-corrected chi connectivity index (χ2v) is 7.91. The van der Waals surface area contributed by atoms with Crippen LogP contribution in [0.5, 0.6) is 0 Å². The van der Waals surface area contributed by atoms with E-state index in [2.05, 4.69) is 29.3 Å². The standard InChI is InChI=1S/C22H34N4O2/c1-2-19(20-9-5-3-6-10-20)17-23-22(28)26-15-13-24(14-16-26)18-21(27)25-11-7-4-8-12-25/h3,5-6,9-10,19H,2,4,7-8,11-18H2,1H3,(H,23,28). The molecule has 2 heterocycles. The molecule has 0 bridgehead atoms. The van der Waals surface area contributed by atoms with Crippen molar-refractivity contribution in [3.05, 3.63) is 35.9 Å². The van der Waals surface area contributed by atoms with Crippen LogP contribution in [0.2, 0.25) is 0 Å². The second kappa shape index (κ2) is 10.5. The van der Waals surface area contributed by atoms with Gasteiger partial charge in [-0.25, -0.2) is 4.79 Å². The first-order chi connectivity index (χ1) is 13.7. The zero-order valence-electron chi connectivity index (χ0n) is 17.1. The molecule has 0 radical (unpaired) electrons. The Morgan fingerprint density at radius 1 is 0.929 bits per heavy atom. The van der Waals surface area contributed by atoms with Gasteiger partial charge in [-0.15, -0.1) is 0 Å². The quantitative estimate of drug-likeness (QED) is 0.817. The Bertz CT molecular complexity index is 623. The van der Waals surface area contributed by atoms with Crippen molar-refractivity contribution < 1.29 is 9.59 Å². The number of likely N-dealkylation sites (tertiary alicyclic amines) is 1. The lowest BCUT2D eigenvalue weighted by molar-refractivity contribution is -0.133. The summed E-state index contributed by atoms with van der Waals surface area (Å²) in [4.78, 5) is 31.0. The summed E-state index contributed by atoms with van der Waals surface area (Å²) in [7, 11) is 0. The number of hydrogen-bond donors (Lipinski definition) is 1. The van der Waals surface area contributed by atoms with Crippen molar-refractivity contribution in [2.75, 3.05) is 52.4 Å². The molecule has 28 heavy (non-hydrogen) atoms. The molecule has 1 aromatic rings. The van der Waals surface area contributed by atoms with Gasteiger partial charge in [0.25, 0.3) is 0 Å². The van der Waals surface area contributed by atoms with E-state index in [1.165, 1.54) is 12.0 Å². The number of piperidine rings is 1. The van der Waals surface area contributed by atoms with E-state index >= 15 is 0 Å². The van der Waals surface area contributed by atoms with E-state index in [9.17, 15) is 9.59 Å². The summed E-state index contributed by atoms with van der Waals surface area (Å²) in [6, 6.07) is 10.4. The van der Waals surface area contributed by atoms with Crippen LogP contribution in [0.4, 0.5) is 4.79 Å². The first-order valence-electron chi connectivity index (χ1n) is 10.7. The van der Waals surface area contributed by atoms with E-state index in [0.29, 0.717) is 32.1 Å². The predicted molar refractivity (Wildman–Crippen MR) is 111 cm³/mol. The summed E-state index contributed by atoms with van der Waals surface area (Å²) < 4.78 is 0. The maximum Gasteiger partial charge on any atom is 0.317 e. The molecule has 6 heteroatoms. The lowest BCUT2D eigenvalue weighted by Gasteiger charge is -2.36. The van der Waals surface area contributed by atoms with Crippen molar-refractivity contribution in [1.82, 2.24) is 20.0 Å². The zero-order valence-corrected chi connectivity index (χ0v) is 17.1. The molecule has 2 fully saturated rings. The molecule has 0 aliphatic carbocycles. The minimum atomic E-state index is 0.0105. The summed E-state index contributed by atoms with van der Waals surface area (Å²) >= 11 is 0. The number of piperazine rings is 1. The van der Waals surface area contributed by atoms with Gasteiger partial charge >= 0.3 is 6.03 Å². The number of nitrogens with one attached hydrogen (secondary N) is 1. The van der Waals surface area contributed by atoms with Crippen LogP contribution < -0.4 is 5.32 Å². The number of carbonyl (C=O) groups excluding carboxylic acids is 2. The molecule has 2 aliphatic rings. The molecule has 3 rings (SSSR count). The summed E-state index contributed by atoms with van der Waals surface area (Å²) in [6.07, 6.45) is 4.49. The summed E-state index contributed by atoms with van der Waals surface area (Å²) in [5.41, 5.74) is 1.27. The highest BCUT2D eigenvalue weighted by Gasteiger charge is 2.25. The van der Waals surface area contributed by atoms with E-state index in [1.54, 1.807) is 0 Å². The van der Waals surface area contributed by atoms with Crippen LogP contribution in [-0.4, -0.2) is 79.0 Å². The van der Waals surface area contributed by atoms with Gasteiger partial charge in [0.15, 0.2) is 0 Å². The van der Waals surface area contributed by atoms with Gasteiger partial charge in [0.05, 0.1) is 6.54 Å². The topological polar surface area (TPSA) is 55.9 Å². The highest BCUT2D eigenvalue weighted by molar-refractivity contribution is 5.78. The molecule has 0 aromatic heterocycles. The molecule has 1 atom stereocenters. The number of amides is 3. The van der Waals surface area contributed by atoms with Gasteiger partial charge < -0.3 is 15.1 Å². The van der Waals surface area contributed by atoms with Crippen molar-refractivity contribution in [1.29, 1.82) is 0 Å². The summed E-state index contributed by atoms with van der Waals surface area (Å²) in [5.74, 6) is 0.583. The molecule has 0 spiro atoms. The summed E-state index contributed by atoms with van der Waals surface area (Å²) in [5, 5.41) is 3.10. The molecule has 154 valence electrons. The average Bonchev–Trinajstić information content (AvgIpc) is 2.76. The van der Waals surface area contributed by atoms with Gasteiger partial charge in [0.1, 0.15) is 0 Å². The molecule has 0 saturated carbocycles. The number of hydrogen-bond acceptors (Lipinski definition) is 3. The monoisotopic (exact) mass is 386 g/mol. The Morgan fingerprint density at radius 3 is 2.25 bits per heavy atom. The fraction of sp³-hybridized carbons (Fsp3) is 0.636. The Labute approximate surface area is 168 Å². The Kier molecular flexibility index (Phi) is 7.71. The SMILES string of the molecule is CCC(CNC(=O)N1CCN(CC(=O)N2CCCCC2)CC1)c1ccccc1. The lowest BCUT2D eigenvalue weighted by Crippen LogP contribution is -2.54.